The van der Waals surface area contributed by atoms with Crippen LogP contribution in [0.3, 0.4) is 0 Å². The van der Waals surface area contributed by atoms with Crippen LogP contribution in [-0.2, 0) is 16.6 Å². The summed E-state index contributed by atoms with van der Waals surface area (Å²) in [4.78, 5) is 8.91. The second-order valence-electron chi connectivity index (χ2n) is 7.05. The Hall–Kier alpha value is -3.82. The SMILES string of the molecule is NS(=O)(=O)c1ccc(-c2nc(-c3cccc(Cn4cnc5ccccc54)c3)no2)cc1. The number of nitrogens with two attached hydrogens (primary N) is 1. The third kappa shape index (κ3) is 3.83. The van der Waals surface area contributed by atoms with E-state index in [0.717, 1.165) is 22.2 Å². The minimum atomic E-state index is -3.75. The summed E-state index contributed by atoms with van der Waals surface area (Å²) < 4.78 is 30.3. The molecule has 2 N–H and O–H groups in total. The van der Waals surface area contributed by atoms with Crippen LogP contribution in [-0.4, -0.2) is 28.1 Å². The van der Waals surface area contributed by atoms with Crippen molar-refractivity contribution in [1.29, 1.82) is 0 Å². The van der Waals surface area contributed by atoms with Crippen LogP contribution >= 0.6 is 0 Å². The highest BCUT2D eigenvalue weighted by Crippen LogP contribution is 2.24. The Balaban J connectivity index is 1.41. The summed E-state index contributed by atoms with van der Waals surface area (Å²) >= 11 is 0. The van der Waals surface area contributed by atoms with E-state index >= 15 is 0 Å². The summed E-state index contributed by atoms with van der Waals surface area (Å²) in [5.74, 6) is 0.741. The number of primary sulfonamides is 1. The predicted octanol–water partition coefficient (Wildman–Crippen LogP) is 3.45. The molecule has 3 aromatic carbocycles. The molecule has 0 saturated carbocycles. The number of aromatic nitrogens is 4. The second kappa shape index (κ2) is 7.46. The Labute approximate surface area is 178 Å². The molecule has 5 aromatic rings. The second-order valence-corrected chi connectivity index (χ2v) is 8.62. The van der Waals surface area contributed by atoms with E-state index in [1.165, 1.54) is 12.1 Å². The maximum absolute atomic E-state index is 11.4. The number of rotatable bonds is 5. The van der Waals surface area contributed by atoms with Gasteiger partial charge in [-0.1, -0.05) is 35.5 Å². The number of hydrogen-bond donors (Lipinski definition) is 1. The van der Waals surface area contributed by atoms with E-state index < -0.39 is 10.0 Å². The molecule has 0 saturated heterocycles. The smallest absolute Gasteiger partial charge is 0.258 e. The first-order chi connectivity index (χ1) is 15.0. The zero-order valence-electron chi connectivity index (χ0n) is 16.2. The maximum Gasteiger partial charge on any atom is 0.258 e. The molecule has 0 aliphatic rings. The molecule has 5 rings (SSSR count). The fourth-order valence-electron chi connectivity index (χ4n) is 3.39. The first kappa shape index (κ1) is 19.2. The molecular formula is C22H17N5O3S. The molecule has 154 valence electrons. The van der Waals surface area contributed by atoms with Gasteiger partial charge in [0, 0.05) is 17.7 Å². The highest BCUT2D eigenvalue weighted by Gasteiger charge is 2.13. The van der Waals surface area contributed by atoms with Gasteiger partial charge >= 0.3 is 0 Å². The first-order valence-corrected chi connectivity index (χ1v) is 11.0. The molecular weight excluding hydrogens is 414 g/mol. The van der Waals surface area contributed by atoms with Gasteiger partial charge in [0.15, 0.2) is 0 Å². The van der Waals surface area contributed by atoms with Crippen LogP contribution in [0.25, 0.3) is 33.9 Å². The third-order valence-electron chi connectivity index (χ3n) is 4.92. The lowest BCUT2D eigenvalue weighted by Gasteiger charge is -2.05. The van der Waals surface area contributed by atoms with Crippen molar-refractivity contribution in [2.24, 2.45) is 5.14 Å². The lowest BCUT2D eigenvalue weighted by molar-refractivity contribution is 0.432. The Morgan fingerprint density at radius 3 is 2.55 bits per heavy atom. The number of sulfonamides is 1. The summed E-state index contributed by atoms with van der Waals surface area (Å²) in [7, 11) is -3.75. The van der Waals surface area contributed by atoms with Crippen molar-refractivity contribution in [3.63, 3.8) is 0 Å². The number of hydrogen-bond acceptors (Lipinski definition) is 6. The average Bonchev–Trinajstić information content (AvgIpc) is 3.42. The molecule has 0 aliphatic heterocycles. The molecule has 31 heavy (non-hydrogen) atoms. The van der Waals surface area contributed by atoms with Gasteiger partial charge in [0.2, 0.25) is 15.8 Å². The standard InChI is InChI=1S/C22H17N5O3S/c23-31(28,29)18-10-8-16(9-11-18)22-25-21(26-30-22)17-5-3-4-15(12-17)13-27-14-24-19-6-1-2-7-20(19)27/h1-12,14H,13H2,(H2,23,28,29). The van der Waals surface area contributed by atoms with Gasteiger partial charge in [0.05, 0.1) is 22.3 Å². The van der Waals surface area contributed by atoms with Crippen LogP contribution in [0, 0.1) is 0 Å². The van der Waals surface area contributed by atoms with Gasteiger partial charge in [-0.05, 0) is 48.0 Å². The molecule has 0 aliphatic carbocycles. The van der Waals surface area contributed by atoms with Crippen molar-refractivity contribution in [1.82, 2.24) is 19.7 Å². The first-order valence-electron chi connectivity index (χ1n) is 9.43. The molecule has 0 radical (unpaired) electrons. The van der Waals surface area contributed by atoms with E-state index in [9.17, 15) is 8.42 Å². The minimum absolute atomic E-state index is 0.0238. The lowest BCUT2D eigenvalue weighted by atomic mass is 10.1. The van der Waals surface area contributed by atoms with Crippen LogP contribution in [0.1, 0.15) is 5.56 Å². The van der Waals surface area contributed by atoms with E-state index in [-0.39, 0.29) is 4.90 Å². The number of benzene rings is 3. The normalized spacial score (nSPS) is 11.8. The summed E-state index contributed by atoms with van der Waals surface area (Å²) in [5.41, 5.74) is 4.52. The number of para-hydroxylation sites is 2. The van der Waals surface area contributed by atoms with Gasteiger partial charge in [-0.3, -0.25) is 0 Å². The highest BCUT2D eigenvalue weighted by molar-refractivity contribution is 7.89. The van der Waals surface area contributed by atoms with Crippen molar-refractivity contribution in [3.05, 3.63) is 84.7 Å². The quantitative estimate of drug-likeness (QED) is 0.455. The van der Waals surface area contributed by atoms with Gasteiger partial charge in [-0.25, -0.2) is 18.5 Å². The molecule has 8 nitrogen and oxygen atoms in total. The predicted molar refractivity (Wildman–Crippen MR) is 115 cm³/mol. The van der Waals surface area contributed by atoms with Crippen molar-refractivity contribution < 1.29 is 12.9 Å². The number of fused-ring (bicyclic) bond motifs is 1. The zero-order chi connectivity index (χ0) is 21.4. The van der Waals surface area contributed by atoms with Gasteiger partial charge < -0.3 is 9.09 Å². The fraction of sp³-hybridized carbons (Fsp3) is 0.0455. The lowest BCUT2D eigenvalue weighted by Crippen LogP contribution is -2.11. The van der Waals surface area contributed by atoms with Crippen LogP contribution in [0.2, 0.25) is 0 Å². The van der Waals surface area contributed by atoms with Crippen LogP contribution in [0.5, 0.6) is 0 Å². The van der Waals surface area contributed by atoms with E-state index in [1.807, 2.05) is 54.9 Å². The van der Waals surface area contributed by atoms with Crippen LogP contribution in [0.15, 0.2) is 88.5 Å². The topological polar surface area (TPSA) is 117 Å². The summed E-state index contributed by atoms with van der Waals surface area (Å²) in [6.07, 6.45) is 1.83. The number of nitrogens with zero attached hydrogens (tertiary/aromatic N) is 4. The van der Waals surface area contributed by atoms with Crippen LogP contribution in [0.4, 0.5) is 0 Å². The minimum Gasteiger partial charge on any atom is -0.334 e. The Bertz CT molecular complexity index is 1490. The molecule has 0 amide bonds. The van der Waals surface area contributed by atoms with Gasteiger partial charge in [0.1, 0.15) is 0 Å². The molecule has 0 bridgehead atoms. The van der Waals surface area contributed by atoms with E-state index in [4.69, 9.17) is 9.66 Å². The molecule has 0 spiro atoms. The Morgan fingerprint density at radius 2 is 1.74 bits per heavy atom. The Morgan fingerprint density at radius 1 is 0.935 bits per heavy atom. The zero-order valence-corrected chi connectivity index (χ0v) is 17.0. The largest absolute Gasteiger partial charge is 0.334 e. The fourth-order valence-corrected chi connectivity index (χ4v) is 3.90. The van der Waals surface area contributed by atoms with Crippen molar-refractivity contribution in [2.45, 2.75) is 11.4 Å². The molecule has 0 fully saturated rings. The van der Waals surface area contributed by atoms with Gasteiger partial charge in [-0.2, -0.15) is 4.98 Å². The third-order valence-corrected chi connectivity index (χ3v) is 5.85. The number of imidazole rings is 1. The van der Waals surface area contributed by atoms with E-state index in [2.05, 4.69) is 19.7 Å². The maximum atomic E-state index is 11.4. The monoisotopic (exact) mass is 431 g/mol. The molecule has 2 aromatic heterocycles. The average molecular weight is 431 g/mol. The van der Waals surface area contributed by atoms with Crippen molar-refractivity contribution in [2.75, 3.05) is 0 Å². The molecule has 2 heterocycles. The van der Waals surface area contributed by atoms with Crippen molar-refractivity contribution in [3.8, 4) is 22.8 Å². The summed E-state index contributed by atoms with van der Waals surface area (Å²) in [6.45, 7) is 0.661. The van der Waals surface area contributed by atoms with E-state index in [1.54, 1.807) is 12.1 Å². The molecule has 9 heteroatoms. The highest BCUT2D eigenvalue weighted by atomic mass is 32.2. The molecule has 0 unspecified atom stereocenters. The van der Waals surface area contributed by atoms with Crippen molar-refractivity contribution >= 4 is 21.1 Å². The van der Waals surface area contributed by atoms with E-state index in [0.29, 0.717) is 23.8 Å². The van der Waals surface area contributed by atoms with Gasteiger partial charge in [0.25, 0.3) is 5.89 Å². The Kier molecular flexibility index (Phi) is 4.61. The summed E-state index contributed by atoms with van der Waals surface area (Å²) in [5, 5.41) is 9.21. The summed E-state index contributed by atoms with van der Waals surface area (Å²) in [6, 6.07) is 21.9. The van der Waals surface area contributed by atoms with Crippen LogP contribution < -0.4 is 5.14 Å². The van der Waals surface area contributed by atoms with Gasteiger partial charge in [-0.15, -0.1) is 0 Å². The molecule has 0 atom stereocenters.